The van der Waals surface area contributed by atoms with Crippen LogP contribution >= 0.6 is 27.3 Å². The number of halogens is 3. The van der Waals surface area contributed by atoms with Crippen molar-refractivity contribution < 1.29 is 23.0 Å². The molecule has 0 fully saturated rings. The summed E-state index contributed by atoms with van der Waals surface area (Å²) in [5, 5.41) is 0. The first-order valence-corrected chi connectivity index (χ1v) is 10.3. The summed E-state index contributed by atoms with van der Waals surface area (Å²) in [5.41, 5.74) is 4.68. The molecule has 1 aromatic heterocycles. The topological polar surface area (TPSA) is 48.4 Å². The summed E-state index contributed by atoms with van der Waals surface area (Å²) in [6.07, 6.45) is 0. The highest BCUT2D eigenvalue weighted by molar-refractivity contribution is 9.12. The fourth-order valence-electron chi connectivity index (χ4n) is 3.03. The first kappa shape index (κ1) is 19.7. The number of benzene rings is 2. The van der Waals surface area contributed by atoms with Gasteiger partial charge in [0.15, 0.2) is 11.6 Å². The quantitative estimate of drug-likeness (QED) is 0.437. The molecule has 29 heavy (non-hydrogen) atoms. The summed E-state index contributed by atoms with van der Waals surface area (Å²) in [5.74, 6) is -1.28. The first-order chi connectivity index (χ1) is 14.0. The molecule has 0 unspecified atom stereocenters. The molecule has 1 aliphatic carbocycles. The molecule has 148 valence electrons. The van der Waals surface area contributed by atoms with Crippen molar-refractivity contribution >= 4 is 38.6 Å². The monoisotopic (exact) mass is 477 g/mol. The number of aryl methyl sites for hydroxylation is 1. The lowest BCUT2D eigenvalue weighted by molar-refractivity contribution is 0.104. The zero-order valence-electron chi connectivity index (χ0n) is 15.2. The molecular formula is C21H14BrF2NO3S. The lowest BCUT2D eigenvalue weighted by atomic mass is 10.0. The second-order valence-corrected chi connectivity index (χ2v) is 8.11. The first-order valence-electron chi connectivity index (χ1n) is 8.65. The molecule has 1 heterocycles. The van der Waals surface area contributed by atoms with E-state index in [-0.39, 0.29) is 24.7 Å². The highest BCUT2D eigenvalue weighted by Crippen LogP contribution is 2.42. The Morgan fingerprint density at radius 3 is 2.34 bits per heavy atom. The smallest absolute Gasteiger partial charge is 0.201 e. The maximum absolute atomic E-state index is 13.2. The summed E-state index contributed by atoms with van der Waals surface area (Å²) >= 11 is 4.93. The van der Waals surface area contributed by atoms with E-state index in [1.54, 1.807) is 17.6 Å². The minimum atomic E-state index is -0.968. The van der Waals surface area contributed by atoms with Gasteiger partial charge in [0.25, 0.3) is 0 Å². The number of carbonyl (C=O) groups is 1. The lowest BCUT2D eigenvalue weighted by Crippen LogP contribution is -2.09. The number of nitrogens with zero attached hydrogens (tertiary/aromatic N) is 1. The number of hydrogen-bond donors (Lipinski definition) is 0. The molecule has 0 saturated heterocycles. The Balaban J connectivity index is 1.44. The van der Waals surface area contributed by atoms with Crippen molar-refractivity contribution in [2.45, 2.75) is 6.92 Å². The Kier molecular flexibility index (Phi) is 5.47. The van der Waals surface area contributed by atoms with Gasteiger partial charge in [-0.15, -0.1) is 11.3 Å². The molecule has 0 saturated carbocycles. The average molecular weight is 478 g/mol. The van der Waals surface area contributed by atoms with Crippen LogP contribution < -0.4 is 9.47 Å². The summed E-state index contributed by atoms with van der Waals surface area (Å²) < 4.78 is 37.6. The van der Waals surface area contributed by atoms with Crippen molar-refractivity contribution in [3.63, 3.8) is 0 Å². The number of aromatic nitrogens is 1. The number of ether oxygens (including phenoxy) is 2. The van der Waals surface area contributed by atoms with E-state index in [9.17, 15) is 13.6 Å². The van der Waals surface area contributed by atoms with Crippen LogP contribution in [0.4, 0.5) is 8.78 Å². The third-order valence-corrected chi connectivity index (χ3v) is 5.93. The van der Waals surface area contributed by atoms with Crippen molar-refractivity contribution in [2.24, 2.45) is 0 Å². The van der Waals surface area contributed by atoms with Crippen LogP contribution in [0, 0.1) is 18.6 Å². The van der Waals surface area contributed by atoms with Crippen molar-refractivity contribution in [3.05, 3.63) is 79.7 Å². The van der Waals surface area contributed by atoms with Crippen LogP contribution in [0.25, 0.3) is 5.57 Å². The van der Waals surface area contributed by atoms with Gasteiger partial charge >= 0.3 is 0 Å². The number of ketones is 1. The van der Waals surface area contributed by atoms with Crippen LogP contribution in [0.1, 0.15) is 26.5 Å². The predicted octanol–water partition coefficient (Wildman–Crippen LogP) is 5.54. The molecule has 0 aliphatic heterocycles. The molecule has 0 amide bonds. The molecule has 4 nitrogen and oxygen atoms in total. The molecule has 0 spiro atoms. The molecule has 4 rings (SSSR count). The summed E-state index contributed by atoms with van der Waals surface area (Å²) in [4.78, 5) is 18.1. The minimum Gasteiger partial charge on any atom is -0.490 e. The number of fused-ring (bicyclic) bond motifs is 1. The van der Waals surface area contributed by atoms with Gasteiger partial charge in [-0.3, -0.25) is 4.79 Å². The Morgan fingerprint density at radius 2 is 1.69 bits per heavy atom. The van der Waals surface area contributed by atoms with E-state index in [1.807, 2.05) is 13.0 Å². The number of thiazole rings is 1. The maximum Gasteiger partial charge on any atom is 0.201 e. The molecule has 0 N–H and O–H groups in total. The van der Waals surface area contributed by atoms with E-state index < -0.39 is 11.6 Å². The Morgan fingerprint density at radius 1 is 1.00 bits per heavy atom. The third kappa shape index (κ3) is 3.82. The predicted molar refractivity (Wildman–Crippen MR) is 110 cm³/mol. The second-order valence-electron chi connectivity index (χ2n) is 6.26. The van der Waals surface area contributed by atoms with E-state index in [2.05, 4.69) is 20.9 Å². The van der Waals surface area contributed by atoms with Crippen molar-refractivity contribution in [1.29, 1.82) is 0 Å². The summed E-state index contributed by atoms with van der Waals surface area (Å²) in [6, 6.07) is 8.62. The van der Waals surface area contributed by atoms with E-state index in [4.69, 9.17) is 9.47 Å². The number of carbonyl (C=O) groups excluding carboxylic acids is 1. The van der Waals surface area contributed by atoms with Crippen molar-refractivity contribution in [3.8, 4) is 11.5 Å². The van der Waals surface area contributed by atoms with Crippen LogP contribution in [0.3, 0.4) is 0 Å². The normalized spacial score (nSPS) is 13.0. The SMILES string of the molecule is Cc1scnc1C1=C(Br)C(=O)c2cc(OCCOc3ccc(F)c(F)c3)ccc21. The molecule has 8 heteroatoms. The molecule has 0 bridgehead atoms. The Bertz CT molecular complexity index is 1140. The van der Waals surface area contributed by atoms with Crippen LogP contribution in [0.2, 0.25) is 0 Å². The van der Waals surface area contributed by atoms with E-state index in [0.29, 0.717) is 15.8 Å². The lowest BCUT2D eigenvalue weighted by Gasteiger charge is -2.10. The number of allylic oxidation sites excluding steroid dienone is 1. The van der Waals surface area contributed by atoms with Gasteiger partial charge in [-0.05, 0) is 58.7 Å². The van der Waals surface area contributed by atoms with Gasteiger partial charge in [-0.1, -0.05) is 0 Å². The Labute approximate surface area is 177 Å². The van der Waals surface area contributed by atoms with Gasteiger partial charge in [-0.2, -0.15) is 0 Å². The van der Waals surface area contributed by atoms with Gasteiger partial charge in [0.1, 0.15) is 24.7 Å². The van der Waals surface area contributed by atoms with Gasteiger partial charge in [0.2, 0.25) is 5.78 Å². The maximum atomic E-state index is 13.2. The number of rotatable bonds is 6. The minimum absolute atomic E-state index is 0.120. The highest BCUT2D eigenvalue weighted by atomic mass is 79.9. The molecule has 2 aromatic carbocycles. The van der Waals surface area contributed by atoms with Gasteiger partial charge in [-0.25, -0.2) is 13.8 Å². The fourth-order valence-corrected chi connectivity index (χ4v) is 4.23. The molecule has 1 aliphatic rings. The van der Waals surface area contributed by atoms with Crippen LogP contribution in [-0.4, -0.2) is 24.0 Å². The highest BCUT2D eigenvalue weighted by Gasteiger charge is 2.31. The van der Waals surface area contributed by atoms with Gasteiger partial charge < -0.3 is 9.47 Å². The Hall–Kier alpha value is -2.58. The van der Waals surface area contributed by atoms with Crippen LogP contribution in [0.5, 0.6) is 11.5 Å². The molecule has 3 aromatic rings. The number of hydrogen-bond acceptors (Lipinski definition) is 5. The second kappa shape index (κ2) is 8.04. The van der Waals surface area contributed by atoms with Crippen LogP contribution in [0.15, 0.2) is 46.4 Å². The van der Waals surface area contributed by atoms with Crippen LogP contribution in [-0.2, 0) is 0 Å². The number of Topliss-reactive ketones (excluding diaryl/α,β-unsaturated/α-hetero) is 1. The molecule has 0 atom stereocenters. The summed E-state index contributed by atoms with van der Waals surface area (Å²) in [7, 11) is 0. The largest absolute Gasteiger partial charge is 0.490 e. The molecular weight excluding hydrogens is 464 g/mol. The fraction of sp³-hybridized carbons (Fsp3) is 0.143. The van der Waals surface area contributed by atoms with Crippen molar-refractivity contribution in [2.75, 3.05) is 13.2 Å². The zero-order valence-corrected chi connectivity index (χ0v) is 17.6. The summed E-state index contributed by atoms with van der Waals surface area (Å²) in [6.45, 7) is 2.28. The molecule has 0 radical (unpaired) electrons. The van der Waals surface area contributed by atoms with Crippen molar-refractivity contribution in [1.82, 2.24) is 4.98 Å². The standard InChI is InChI=1S/C21H14BrF2NO3S/c1-11-20(25-10-29-11)18-14-4-2-12(8-15(14)21(26)19(18)22)27-6-7-28-13-3-5-16(23)17(24)9-13/h2-5,8-10H,6-7H2,1H3. The zero-order chi connectivity index (χ0) is 20.5. The van der Waals surface area contributed by atoms with E-state index in [0.717, 1.165) is 33.8 Å². The average Bonchev–Trinajstić information content (AvgIpc) is 3.23. The third-order valence-electron chi connectivity index (χ3n) is 4.42. The van der Waals surface area contributed by atoms with E-state index in [1.165, 1.54) is 17.4 Å². The van der Waals surface area contributed by atoms with Gasteiger partial charge in [0.05, 0.1) is 15.7 Å². The van der Waals surface area contributed by atoms with Gasteiger partial charge in [0, 0.05) is 22.1 Å². The van der Waals surface area contributed by atoms with E-state index >= 15 is 0 Å².